The van der Waals surface area contributed by atoms with Gasteiger partial charge in [-0.05, 0) is 19.4 Å². The molecule has 1 aliphatic heterocycles. The molecule has 1 saturated heterocycles. The molecule has 1 heterocycles. The van der Waals surface area contributed by atoms with Gasteiger partial charge in [-0.2, -0.15) is 0 Å². The average Bonchev–Trinajstić information content (AvgIpc) is 2.66. The molecule has 1 atom stereocenters. The van der Waals surface area contributed by atoms with Crippen molar-refractivity contribution in [2.45, 2.75) is 38.7 Å². The van der Waals surface area contributed by atoms with E-state index in [0.717, 1.165) is 13.0 Å². The van der Waals surface area contributed by atoms with Crippen LogP contribution in [0.25, 0.3) is 0 Å². The van der Waals surface area contributed by atoms with Crippen LogP contribution < -0.4 is 0 Å². The predicted octanol–water partition coefficient (Wildman–Crippen LogP) is 2.80. The topological polar surface area (TPSA) is 30.8 Å². The Morgan fingerprint density at radius 1 is 1.35 bits per heavy atom. The van der Waals surface area contributed by atoms with Crippen molar-refractivity contribution in [2.75, 3.05) is 6.61 Å². The van der Waals surface area contributed by atoms with E-state index in [-0.39, 0.29) is 6.10 Å². The van der Waals surface area contributed by atoms with E-state index in [0.29, 0.717) is 6.61 Å². The van der Waals surface area contributed by atoms with Crippen molar-refractivity contribution >= 4 is 6.21 Å². The molecule has 0 spiro atoms. The summed E-state index contributed by atoms with van der Waals surface area (Å²) >= 11 is 0. The Labute approximate surface area is 102 Å². The van der Waals surface area contributed by atoms with Crippen LogP contribution in [0, 0.1) is 0 Å². The van der Waals surface area contributed by atoms with E-state index in [4.69, 9.17) is 9.47 Å². The van der Waals surface area contributed by atoms with Crippen LogP contribution in [0.5, 0.6) is 0 Å². The van der Waals surface area contributed by atoms with Crippen LogP contribution in [0.15, 0.2) is 35.3 Å². The maximum absolute atomic E-state index is 5.69. The number of ether oxygens (including phenoxy) is 2. The molecule has 1 fully saturated rings. The van der Waals surface area contributed by atoms with Crippen molar-refractivity contribution in [2.24, 2.45) is 4.99 Å². The number of aliphatic imine (C=N–C) groups is 1. The standard InChI is InChI=1S/C14H19NO2/c1-14(2)16-11-13(17-14)8-9-15-10-12-6-4-3-5-7-12/h3-7,9,13H,8,10-11H2,1-2H3. The summed E-state index contributed by atoms with van der Waals surface area (Å²) in [7, 11) is 0. The smallest absolute Gasteiger partial charge is 0.163 e. The molecule has 0 saturated carbocycles. The van der Waals surface area contributed by atoms with Gasteiger partial charge >= 0.3 is 0 Å². The lowest BCUT2D eigenvalue weighted by Gasteiger charge is -2.16. The van der Waals surface area contributed by atoms with E-state index in [1.54, 1.807) is 0 Å². The van der Waals surface area contributed by atoms with E-state index in [2.05, 4.69) is 17.1 Å². The summed E-state index contributed by atoms with van der Waals surface area (Å²) < 4.78 is 11.2. The largest absolute Gasteiger partial charge is 0.348 e. The summed E-state index contributed by atoms with van der Waals surface area (Å²) in [6.45, 7) is 5.27. The lowest BCUT2D eigenvalue weighted by atomic mass is 10.2. The molecular weight excluding hydrogens is 214 g/mol. The minimum Gasteiger partial charge on any atom is -0.348 e. The van der Waals surface area contributed by atoms with Gasteiger partial charge in [0.1, 0.15) is 0 Å². The SMILES string of the molecule is CC1(C)OCC(CC=NCc2ccccc2)O1. The maximum Gasteiger partial charge on any atom is 0.163 e. The fraction of sp³-hybridized carbons (Fsp3) is 0.500. The first kappa shape index (κ1) is 12.3. The van der Waals surface area contributed by atoms with Gasteiger partial charge in [0, 0.05) is 12.6 Å². The lowest BCUT2D eigenvalue weighted by Crippen LogP contribution is -2.21. The van der Waals surface area contributed by atoms with Gasteiger partial charge in [-0.3, -0.25) is 4.99 Å². The number of benzene rings is 1. The first-order valence-electron chi connectivity index (χ1n) is 6.00. The third kappa shape index (κ3) is 3.95. The third-order valence-corrected chi connectivity index (χ3v) is 2.68. The summed E-state index contributed by atoms with van der Waals surface area (Å²) in [6, 6.07) is 10.2. The van der Waals surface area contributed by atoms with E-state index in [9.17, 15) is 0 Å². The van der Waals surface area contributed by atoms with Crippen LogP contribution in [0.3, 0.4) is 0 Å². The fourth-order valence-corrected chi connectivity index (χ4v) is 1.82. The molecule has 1 unspecified atom stereocenters. The summed E-state index contributed by atoms with van der Waals surface area (Å²) in [5.74, 6) is -0.433. The quantitative estimate of drug-likeness (QED) is 0.749. The second-order valence-electron chi connectivity index (χ2n) is 4.70. The van der Waals surface area contributed by atoms with Crippen LogP contribution in [-0.2, 0) is 16.0 Å². The van der Waals surface area contributed by atoms with Gasteiger partial charge < -0.3 is 9.47 Å². The van der Waals surface area contributed by atoms with Crippen LogP contribution in [0.4, 0.5) is 0 Å². The van der Waals surface area contributed by atoms with Crippen molar-refractivity contribution in [3.05, 3.63) is 35.9 Å². The monoisotopic (exact) mass is 233 g/mol. The molecule has 0 aromatic heterocycles. The molecule has 0 N–H and O–H groups in total. The molecular formula is C14H19NO2. The molecule has 1 aromatic carbocycles. The molecule has 3 heteroatoms. The zero-order valence-electron chi connectivity index (χ0n) is 10.4. The van der Waals surface area contributed by atoms with Crippen LogP contribution in [-0.4, -0.2) is 24.7 Å². The minimum atomic E-state index is -0.433. The minimum absolute atomic E-state index is 0.143. The normalized spacial score (nSPS) is 23.3. The number of hydrogen-bond donors (Lipinski definition) is 0. The Hall–Kier alpha value is -1.19. The van der Waals surface area contributed by atoms with Crippen LogP contribution >= 0.6 is 0 Å². The Morgan fingerprint density at radius 2 is 2.12 bits per heavy atom. The second kappa shape index (κ2) is 5.43. The van der Waals surface area contributed by atoms with Crippen molar-refractivity contribution in [3.63, 3.8) is 0 Å². The molecule has 92 valence electrons. The van der Waals surface area contributed by atoms with Gasteiger partial charge in [-0.25, -0.2) is 0 Å². The van der Waals surface area contributed by atoms with Crippen molar-refractivity contribution in [1.29, 1.82) is 0 Å². The molecule has 17 heavy (non-hydrogen) atoms. The van der Waals surface area contributed by atoms with E-state index >= 15 is 0 Å². The first-order chi connectivity index (χ1) is 8.16. The Bertz CT molecular complexity index is 373. The third-order valence-electron chi connectivity index (χ3n) is 2.68. The summed E-state index contributed by atoms with van der Waals surface area (Å²) in [4.78, 5) is 4.39. The van der Waals surface area contributed by atoms with Crippen molar-refractivity contribution in [3.8, 4) is 0 Å². The number of nitrogens with zero attached hydrogens (tertiary/aromatic N) is 1. The average molecular weight is 233 g/mol. The zero-order valence-corrected chi connectivity index (χ0v) is 10.4. The highest BCUT2D eigenvalue weighted by Crippen LogP contribution is 2.23. The van der Waals surface area contributed by atoms with Crippen molar-refractivity contribution < 1.29 is 9.47 Å². The van der Waals surface area contributed by atoms with Gasteiger partial charge in [0.15, 0.2) is 5.79 Å². The van der Waals surface area contributed by atoms with Gasteiger partial charge in [0.05, 0.1) is 19.3 Å². The Morgan fingerprint density at radius 3 is 2.76 bits per heavy atom. The summed E-state index contributed by atoms with van der Waals surface area (Å²) in [5.41, 5.74) is 1.23. The predicted molar refractivity (Wildman–Crippen MR) is 68.2 cm³/mol. The molecule has 2 rings (SSSR count). The molecule has 1 aromatic rings. The second-order valence-corrected chi connectivity index (χ2v) is 4.70. The molecule has 0 amide bonds. The van der Waals surface area contributed by atoms with Gasteiger partial charge in [0.2, 0.25) is 0 Å². The van der Waals surface area contributed by atoms with Gasteiger partial charge in [0.25, 0.3) is 0 Å². The molecule has 0 bridgehead atoms. The highest BCUT2D eigenvalue weighted by Gasteiger charge is 2.31. The zero-order chi connectivity index (χ0) is 12.1. The van der Waals surface area contributed by atoms with Gasteiger partial charge in [-0.1, -0.05) is 30.3 Å². The Balaban J connectivity index is 1.72. The summed E-state index contributed by atoms with van der Waals surface area (Å²) in [6.07, 6.45) is 2.89. The van der Waals surface area contributed by atoms with Crippen molar-refractivity contribution in [1.82, 2.24) is 0 Å². The van der Waals surface area contributed by atoms with Crippen LogP contribution in [0.1, 0.15) is 25.8 Å². The molecule has 3 nitrogen and oxygen atoms in total. The molecule has 0 radical (unpaired) electrons. The Kier molecular flexibility index (Phi) is 3.92. The first-order valence-corrected chi connectivity index (χ1v) is 6.00. The fourth-order valence-electron chi connectivity index (χ4n) is 1.82. The highest BCUT2D eigenvalue weighted by atomic mass is 16.7. The van der Waals surface area contributed by atoms with E-state index in [1.165, 1.54) is 5.56 Å². The number of rotatable bonds is 4. The molecule has 0 aliphatic carbocycles. The van der Waals surface area contributed by atoms with E-state index < -0.39 is 5.79 Å². The van der Waals surface area contributed by atoms with Crippen LogP contribution in [0.2, 0.25) is 0 Å². The maximum atomic E-state index is 5.69. The summed E-state index contributed by atoms with van der Waals surface area (Å²) in [5, 5.41) is 0. The van der Waals surface area contributed by atoms with Gasteiger partial charge in [-0.15, -0.1) is 0 Å². The highest BCUT2D eigenvalue weighted by molar-refractivity contribution is 5.58. The van der Waals surface area contributed by atoms with E-state index in [1.807, 2.05) is 38.3 Å². The molecule has 1 aliphatic rings. The number of hydrogen-bond acceptors (Lipinski definition) is 3. The lowest BCUT2D eigenvalue weighted by molar-refractivity contribution is -0.137.